The molecule has 1 atom stereocenters. The molecule has 1 aliphatic rings. The largest absolute Gasteiger partial charge is 0.455 e. The van der Waals surface area contributed by atoms with Crippen molar-refractivity contribution < 1.29 is 9.52 Å². The van der Waals surface area contributed by atoms with Crippen LogP contribution >= 0.6 is 11.6 Å². The molecule has 17 heavy (non-hydrogen) atoms. The van der Waals surface area contributed by atoms with E-state index in [1.54, 1.807) is 0 Å². The molecule has 3 heteroatoms. The van der Waals surface area contributed by atoms with Gasteiger partial charge in [0.2, 0.25) is 0 Å². The van der Waals surface area contributed by atoms with E-state index in [4.69, 9.17) is 16.0 Å². The number of aliphatic hydroxyl groups is 1. The van der Waals surface area contributed by atoms with Gasteiger partial charge in [-0.05, 0) is 43.0 Å². The number of hydrogen-bond donors (Lipinski definition) is 1. The van der Waals surface area contributed by atoms with E-state index in [1.807, 2.05) is 30.3 Å². The second-order valence-electron chi connectivity index (χ2n) is 4.42. The molecular weight excluding hydrogens is 236 g/mol. The highest BCUT2D eigenvalue weighted by Gasteiger charge is 2.16. The van der Waals surface area contributed by atoms with Crippen molar-refractivity contribution in [3.05, 3.63) is 41.1 Å². The number of hydrogen-bond acceptors (Lipinski definition) is 2. The molecule has 0 bridgehead atoms. The SMILES string of the molecule is OC1C=C(c2cc3cccc(Cl)c3o2)CCC1. The lowest BCUT2D eigenvalue weighted by Crippen LogP contribution is -2.07. The number of allylic oxidation sites excluding steroid dienone is 1. The van der Waals surface area contributed by atoms with Crippen LogP contribution in [0.5, 0.6) is 0 Å². The van der Waals surface area contributed by atoms with E-state index in [9.17, 15) is 5.11 Å². The van der Waals surface area contributed by atoms with Gasteiger partial charge in [-0.1, -0.05) is 23.7 Å². The summed E-state index contributed by atoms with van der Waals surface area (Å²) in [5, 5.41) is 11.3. The first-order valence-electron chi connectivity index (χ1n) is 5.81. The van der Waals surface area contributed by atoms with Gasteiger partial charge < -0.3 is 9.52 Å². The third kappa shape index (κ3) is 1.99. The summed E-state index contributed by atoms with van der Waals surface area (Å²) in [5.41, 5.74) is 1.81. The monoisotopic (exact) mass is 248 g/mol. The fourth-order valence-corrected chi connectivity index (χ4v) is 2.51. The Labute approximate surface area is 104 Å². The summed E-state index contributed by atoms with van der Waals surface area (Å²) in [6.45, 7) is 0. The molecule has 2 nitrogen and oxygen atoms in total. The van der Waals surface area contributed by atoms with Gasteiger partial charge in [-0.2, -0.15) is 0 Å². The van der Waals surface area contributed by atoms with Crippen LogP contribution in [-0.2, 0) is 0 Å². The zero-order valence-corrected chi connectivity index (χ0v) is 10.1. The molecule has 0 amide bonds. The summed E-state index contributed by atoms with van der Waals surface area (Å²) in [7, 11) is 0. The van der Waals surface area contributed by atoms with Gasteiger partial charge >= 0.3 is 0 Å². The Hall–Kier alpha value is -1.25. The van der Waals surface area contributed by atoms with Crippen molar-refractivity contribution in [3.8, 4) is 0 Å². The Kier molecular flexibility index (Phi) is 2.69. The van der Waals surface area contributed by atoms with Crippen LogP contribution in [0.15, 0.2) is 34.8 Å². The third-order valence-corrected chi connectivity index (χ3v) is 3.45. The van der Waals surface area contributed by atoms with Crippen molar-refractivity contribution in [1.82, 2.24) is 0 Å². The number of rotatable bonds is 1. The predicted octanol–water partition coefficient (Wildman–Crippen LogP) is 4.01. The molecule has 0 spiro atoms. The molecule has 0 saturated heterocycles. The van der Waals surface area contributed by atoms with Crippen LogP contribution in [0.1, 0.15) is 25.0 Å². The van der Waals surface area contributed by atoms with Crippen LogP contribution in [0.2, 0.25) is 5.02 Å². The zero-order valence-electron chi connectivity index (χ0n) is 9.32. The Morgan fingerprint density at radius 1 is 1.35 bits per heavy atom. The van der Waals surface area contributed by atoms with E-state index in [-0.39, 0.29) is 6.10 Å². The quantitative estimate of drug-likeness (QED) is 0.827. The minimum absolute atomic E-state index is 0.345. The Balaban J connectivity index is 2.09. The van der Waals surface area contributed by atoms with Gasteiger partial charge in [-0.15, -0.1) is 0 Å². The lowest BCUT2D eigenvalue weighted by Gasteiger charge is -2.14. The topological polar surface area (TPSA) is 33.4 Å². The standard InChI is InChI=1S/C14H13ClO2/c15-12-6-2-4-10-8-13(17-14(10)12)9-3-1-5-11(16)7-9/h2,4,6-8,11,16H,1,3,5H2. The van der Waals surface area contributed by atoms with Crippen LogP contribution in [0.4, 0.5) is 0 Å². The molecule has 1 aliphatic carbocycles. The Bertz CT molecular complexity index is 583. The Morgan fingerprint density at radius 2 is 2.24 bits per heavy atom. The van der Waals surface area contributed by atoms with Gasteiger partial charge in [0.15, 0.2) is 5.58 Å². The zero-order chi connectivity index (χ0) is 11.8. The maximum atomic E-state index is 9.63. The molecule has 3 rings (SSSR count). The third-order valence-electron chi connectivity index (χ3n) is 3.15. The molecule has 0 aliphatic heterocycles. The average molecular weight is 249 g/mol. The maximum absolute atomic E-state index is 9.63. The molecule has 0 fully saturated rings. The van der Waals surface area contributed by atoms with Crippen LogP contribution in [-0.4, -0.2) is 11.2 Å². The molecule has 0 radical (unpaired) electrons. The van der Waals surface area contributed by atoms with Crippen molar-refractivity contribution in [2.24, 2.45) is 0 Å². The number of aliphatic hydroxyl groups excluding tert-OH is 1. The molecule has 0 saturated carbocycles. The van der Waals surface area contributed by atoms with Gasteiger partial charge in [0, 0.05) is 5.39 Å². The fourth-order valence-electron chi connectivity index (χ4n) is 2.29. The predicted molar refractivity (Wildman–Crippen MR) is 69.1 cm³/mol. The van der Waals surface area contributed by atoms with Gasteiger partial charge in [0.1, 0.15) is 5.76 Å². The van der Waals surface area contributed by atoms with E-state index in [0.29, 0.717) is 5.02 Å². The first-order chi connectivity index (χ1) is 8.24. The van der Waals surface area contributed by atoms with Crippen LogP contribution < -0.4 is 0 Å². The van der Waals surface area contributed by atoms with E-state index in [0.717, 1.165) is 41.6 Å². The minimum Gasteiger partial charge on any atom is -0.455 e. The van der Waals surface area contributed by atoms with Crippen LogP contribution in [0.3, 0.4) is 0 Å². The lowest BCUT2D eigenvalue weighted by molar-refractivity contribution is 0.205. The van der Waals surface area contributed by atoms with E-state index in [1.165, 1.54) is 0 Å². The molecular formula is C14H13ClO2. The lowest BCUT2D eigenvalue weighted by atomic mass is 9.96. The Morgan fingerprint density at radius 3 is 3.00 bits per heavy atom. The molecule has 1 N–H and O–H groups in total. The van der Waals surface area contributed by atoms with E-state index < -0.39 is 0 Å². The maximum Gasteiger partial charge on any atom is 0.153 e. The summed E-state index contributed by atoms with van der Waals surface area (Å²) >= 11 is 6.08. The second kappa shape index (κ2) is 4.21. The highest BCUT2D eigenvalue weighted by atomic mass is 35.5. The first kappa shape index (κ1) is 10.9. The summed E-state index contributed by atoms with van der Waals surface area (Å²) in [6.07, 6.45) is 4.33. The molecule has 1 heterocycles. The average Bonchev–Trinajstić information content (AvgIpc) is 2.74. The van der Waals surface area contributed by atoms with Crippen LogP contribution in [0.25, 0.3) is 16.5 Å². The van der Waals surface area contributed by atoms with Gasteiger partial charge in [0.25, 0.3) is 0 Å². The van der Waals surface area contributed by atoms with Crippen molar-refractivity contribution in [2.45, 2.75) is 25.4 Å². The number of furan rings is 1. The van der Waals surface area contributed by atoms with Crippen molar-refractivity contribution in [2.75, 3.05) is 0 Å². The van der Waals surface area contributed by atoms with Crippen LogP contribution in [0, 0.1) is 0 Å². The molecule has 2 aromatic rings. The van der Waals surface area contributed by atoms with E-state index in [2.05, 4.69) is 0 Å². The highest BCUT2D eigenvalue weighted by Crippen LogP contribution is 2.33. The fraction of sp³-hybridized carbons (Fsp3) is 0.286. The molecule has 88 valence electrons. The molecule has 1 aromatic heterocycles. The minimum atomic E-state index is -0.345. The number of para-hydroxylation sites is 1. The number of halogens is 1. The number of benzene rings is 1. The van der Waals surface area contributed by atoms with Crippen molar-refractivity contribution >= 4 is 28.1 Å². The summed E-state index contributed by atoms with van der Waals surface area (Å²) < 4.78 is 5.78. The normalized spacial score (nSPS) is 20.6. The first-order valence-corrected chi connectivity index (χ1v) is 6.19. The van der Waals surface area contributed by atoms with Gasteiger partial charge in [-0.3, -0.25) is 0 Å². The summed E-state index contributed by atoms with van der Waals surface area (Å²) in [4.78, 5) is 0. The van der Waals surface area contributed by atoms with Crippen molar-refractivity contribution in [3.63, 3.8) is 0 Å². The summed E-state index contributed by atoms with van der Waals surface area (Å²) in [5.74, 6) is 0.826. The molecule has 1 aromatic carbocycles. The van der Waals surface area contributed by atoms with E-state index >= 15 is 0 Å². The number of fused-ring (bicyclic) bond motifs is 1. The summed E-state index contributed by atoms with van der Waals surface area (Å²) in [6, 6.07) is 7.70. The van der Waals surface area contributed by atoms with Crippen molar-refractivity contribution in [1.29, 1.82) is 0 Å². The van der Waals surface area contributed by atoms with Gasteiger partial charge in [-0.25, -0.2) is 0 Å². The molecule has 1 unspecified atom stereocenters. The second-order valence-corrected chi connectivity index (χ2v) is 4.83. The van der Waals surface area contributed by atoms with Gasteiger partial charge in [0.05, 0.1) is 11.1 Å². The highest BCUT2D eigenvalue weighted by molar-refractivity contribution is 6.34. The smallest absolute Gasteiger partial charge is 0.153 e.